The molecule has 0 saturated carbocycles. The number of aromatic nitrogens is 3. The Morgan fingerprint density at radius 1 is 1.20 bits per heavy atom. The van der Waals surface area contributed by atoms with Crippen molar-refractivity contribution in [2.75, 3.05) is 7.11 Å². The van der Waals surface area contributed by atoms with Crippen LogP contribution in [-0.2, 0) is 6.54 Å². The third-order valence-electron chi connectivity index (χ3n) is 3.15. The van der Waals surface area contributed by atoms with Crippen molar-refractivity contribution in [2.45, 2.75) is 6.54 Å². The van der Waals surface area contributed by atoms with E-state index in [0.717, 1.165) is 11.3 Å². The molecule has 3 rings (SSSR count). The summed E-state index contributed by atoms with van der Waals surface area (Å²) >= 11 is 0. The molecule has 5 nitrogen and oxygen atoms in total. The molecular formula is C15H13N3O2. The zero-order valence-corrected chi connectivity index (χ0v) is 11.0. The van der Waals surface area contributed by atoms with Crippen LogP contribution in [0.4, 0.5) is 0 Å². The Hall–Kier alpha value is -2.69. The van der Waals surface area contributed by atoms with Gasteiger partial charge in [-0.2, -0.15) is 0 Å². The van der Waals surface area contributed by atoms with Gasteiger partial charge in [-0.15, -0.1) is 0 Å². The van der Waals surface area contributed by atoms with E-state index in [0.29, 0.717) is 17.6 Å². The molecule has 0 aliphatic rings. The van der Waals surface area contributed by atoms with Crippen molar-refractivity contribution >= 4 is 11.0 Å². The molecule has 0 spiro atoms. The summed E-state index contributed by atoms with van der Waals surface area (Å²) in [4.78, 5) is 19.9. The van der Waals surface area contributed by atoms with Gasteiger partial charge in [-0.05, 0) is 17.7 Å². The van der Waals surface area contributed by atoms with Crippen LogP contribution < -0.4 is 10.2 Å². The Balaban J connectivity index is 2.02. The highest BCUT2D eigenvalue weighted by Crippen LogP contribution is 2.13. The SMILES string of the molecule is COc1ccc(Cn2ccc(=O)c3cncnc32)cc1. The second-order valence-corrected chi connectivity index (χ2v) is 4.42. The van der Waals surface area contributed by atoms with Crippen molar-refractivity contribution in [3.05, 3.63) is 64.8 Å². The minimum absolute atomic E-state index is 0.0634. The number of fused-ring (bicyclic) bond motifs is 1. The molecular weight excluding hydrogens is 254 g/mol. The van der Waals surface area contributed by atoms with Crippen LogP contribution in [-0.4, -0.2) is 21.6 Å². The second kappa shape index (κ2) is 5.13. The lowest BCUT2D eigenvalue weighted by molar-refractivity contribution is 0.414. The van der Waals surface area contributed by atoms with Crippen LogP contribution in [0.1, 0.15) is 5.56 Å². The lowest BCUT2D eigenvalue weighted by atomic mass is 10.2. The number of pyridine rings is 1. The van der Waals surface area contributed by atoms with Crippen LogP contribution in [0.2, 0.25) is 0 Å². The first-order valence-corrected chi connectivity index (χ1v) is 6.20. The van der Waals surface area contributed by atoms with Gasteiger partial charge < -0.3 is 9.30 Å². The van der Waals surface area contributed by atoms with Crippen molar-refractivity contribution in [3.63, 3.8) is 0 Å². The second-order valence-electron chi connectivity index (χ2n) is 4.42. The van der Waals surface area contributed by atoms with Crippen molar-refractivity contribution in [1.82, 2.24) is 14.5 Å². The maximum absolute atomic E-state index is 11.8. The van der Waals surface area contributed by atoms with Crippen molar-refractivity contribution in [1.29, 1.82) is 0 Å². The number of nitrogens with zero attached hydrogens (tertiary/aromatic N) is 3. The largest absolute Gasteiger partial charge is 0.497 e. The maximum atomic E-state index is 11.8. The standard InChI is InChI=1S/C15H13N3O2/c1-20-12-4-2-11(3-5-12)9-18-7-6-14(19)13-8-16-10-17-15(13)18/h2-8,10H,9H2,1H3. The van der Waals surface area contributed by atoms with E-state index in [9.17, 15) is 4.79 Å². The molecule has 3 aromatic rings. The number of hydrogen-bond acceptors (Lipinski definition) is 4. The molecule has 2 aromatic heterocycles. The summed E-state index contributed by atoms with van der Waals surface area (Å²) in [5.41, 5.74) is 1.68. The molecule has 20 heavy (non-hydrogen) atoms. The number of methoxy groups -OCH3 is 1. The normalized spacial score (nSPS) is 10.7. The van der Waals surface area contributed by atoms with Crippen LogP contribution in [0.5, 0.6) is 5.75 Å². The molecule has 0 radical (unpaired) electrons. The number of ether oxygens (including phenoxy) is 1. The van der Waals surface area contributed by atoms with E-state index < -0.39 is 0 Å². The van der Waals surface area contributed by atoms with Crippen molar-refractivity contribution < 1.29 is 4.74 Å². The fourth-order valence-corrected chi connectivity index (χ4v) is 2.10. The van der Waals surface area contributed by atoms with Gasteiger partial charge in [0.05, 0.1) is 12.5 Å². The van der Waals surface area contributed by atoms with Crippen LogP contribution in [0.15, 0.2) is 53.8 Å². The van der Waals surface area contributed by atoms with Gasteiger partial charge in [-0.3, -0.25) is 4.79 Å². The average Bonchev–Trinajstić information content (AvgIpc) is 2.51. The van der Waals surface area contributed by atoms with Gasteiger partial charge in [0.25, 0.3) is 0 Å². The summed E-state index contributed by atoms with van der Waals surface area (Å²) in [6, 6.07) is 9.34. The predicted octanol–water partition coefficient (Wildman–Crippen LogP) is 1.85. The lowest BCUT2D eigenvalue weighted by Gasteiger charge is -2.09. The van der Waals surface area contributed by atoms with E-state index in [1.165, 1.54) is 12.4 Å². The first kappa shape index (κ1) is 12.3. The Labute approximate surface area is 115 Å². The number of rotatable bonds is 3. The van der Waals surface area contributed by atoms with Crippen molar-refractivity contribution in [2.24, 2.45) is 0 Å². The van der Waals surface area contributed by atoms with Gasteiger partial charge in [0.1, 0.15) is 17.7 Å². The Kier molecular flexibility index (Phi) is 3.16. The van der Waals surface area contributed by atoms with Crippen LogP contribution in [0.25, 0.3) is 11.0 Å². The number of hydrogen-bond donors (Lipinski definition) is 0. The Bertz CT molecular complexity index is 794. The minimum Gasteiger partial charge on any atom is -0.497 e. The fraction of sp³-hybridized carbons (Fsp3) is 0.133. The predicted molar refractivity (Wildman–Crippen MR) is 75.9 cm³/mol. The molecule has 2 heterocycles. The van der Waals surface area contributed by atoms with Gasteiger partial charge in [0.15, 0.2) is 5.43 Å². The highest BCUT2D eigenvalue weighted by Gasteiger charge is 2.04. The molecule has 0 aliphatic heterocycles. The van der Waals surface area contributed by atoms with Crippen LogP contribution in [0, 0.1) is 0 Å². The first-order chi connectivity index (χ1) is 9.78. The first-order valence-electron chi connectivity index (χ1n) is 6.20. The zero-order chi connectivity index (χ0) is 13.9. The summed E-state index contributed by atoms with van der Waals surface area (Å²) < 4.78 is 7.07. The average molecular weight is 267 g/mol. The topological polar surface area (TPSA) is 57.0 Å². The molecule has 5 heteroatoms. The molecule has 100 valence electrons. The smallest absolute Gasteiger partial charge is 0.192 e. The minimum atomic E-state index is -0.0634. The summed E-state index contributed by atoms with van der Waals surface area (Å²) in [6.07, 6.45) is 4.75. The van der Waals surface area contributed by atoms with Gasteiger partial charge in [0.2, 0.25) is 0 Å². The number of benzene rings is 1. The van der Waals surface area contributed by atoms with Gasteiger partial charge >= 0.3 is 0 Å². The fourth-order valence-electron chi connectivity index (χ4n) is 2.10. The molecule has 0 aliphatic carbocycles. The van der Waals surface area contributed by atoms with Crippen molar-refractivity contribution in [3.8, 4) is 5.75 Å². The van der Waals surface area contributed by atoms with E-state index >= 15 is 0 Å². The quantitative estimate of drug-likeness (QED) is 0.726. The highest BCUT2D eigenvalue weighted by molar-refractivity contribution is 5.73. The molecule has 0 unspecified atom stereocenters. The molecule has 0 saturated heterocycles. The molecule has 1 aromatic carbocycles. The van der Waals surface area contributed by atoms with E-state index in [1.54, 1.807) is 19.5 Å². The van der Waals surface area contributed by atoms with E-state index in [2.05, 4.69) is 9.97 Å². The molecule has 0 bridgehead atoms. The van der Waals surface area contributed by atoms with Crippen LogP contribution in [0.3, 0.4) is 0 Å². The molecule has 0 atom stereocenters. The van der Waals surface area contributed by atoms with E-state index in [4.69, 9.17) is 4.74 Å². The summed E-state index contributed by atoms with van der Waals surface area (Å²) in [7, 11) is 1.64. The third kappa shape index (κ3) is 2.25. The summed E-state index contributed by atoms with van der Waals surface area (Å²) in [5, 5.41) is 0.531. The van der Waals surface area contributed by atoms with Gasteiger partial charge in [0, 0.05) is 25.0 Å². The molecule has 0 fully saturated rings. The van der Waals surface area contributed by atoms with E-state index in [1.807, 2.05) is 28.8 Å². The zero-order valence-electron chi connectivity index (χ0n) is 11.0. The third-order valence-corrected chi connectivity index (χ3v) is 3.15. The summed E-state index contributed by atoms with van der Waals surface area (Å²) in [6.45, 7) is 0.637. The Morgan fingerprint density at radius 3 is 2.75 bits per heavy atom. The van der Waals surface area contributed by atoms with E-state index in [-0.39, 0.29) is 5.43 Å². The monoisotopic (exact) mass is 267 g/mol. The van der Waals surface area contributed by atoms with Gasteiger partial charge in [-0.1, -0.05) is 12.1 Å². The Morgan fingerprint density at radius 2 is 2.00 bits per heavy atom. The van der Waals surface area contributed by atoms with Crippen LogP contribution >= 0.6 is 0 Å². The molecule has 0 amide bonds. The van der Waals surface area contributed by atoms with Gasteiger partial charge in [-0.25, -0.2) is 9.97 Å². The lowest BCUT2D eigenvalue weighted by Crippen LogP contribution is -2.10. The maximum Gasteiger partial charge on any atom is 0.192 e. The summed E-state index contributed by atoms with van der Waals surface area (Å²) in [5.74, 6) is 0.820. The highest BCUT2D eigenvalue weighted by atomic mass is 16.5. The molecule has 0 N–H and O–H groups in total.